The third-order valence-electron chi connectivity index (χ3n) is 4.97. The average molecular weight is 321 g/mol. The van der Waals surface area contributed by atoms with Gasteiger partial charge in [0.05, 0.1) is 0 Å². The third kappa shape index (κ3) is 5.65. The Kier molecular flexibility index (Phi) is 7.09. The van der Waals surface area contributed by atoms with Gasteiger partial charge in [-0.2, -0.15) is 0 Å². The average Bonchev–Trinajstić information content (AvgIpc) is 2.83. The lowest BCUT2D eigenvalue weighted by atomic mass is 10.1. The van der Waals surface area contributed by atoms with Crippen molar-refractivity contribution in [3.8, 4) is 0 Å². The van der Waals surface area contributed by atoms with Crippen LogP contribution in [0.1, 0.15) is 46.0 Å². The third-order valence-corrected chi connectivity index (χ3v) is 4.97. The van der Waals surface area contributed by atoms with Gasteiger partial charge in [0.15, 0.2) is 0 Å². The van der Waals surface area contributed by atoms with E-state index >= 15 is 0 Å². The normalized spacial score (nSPS) is 23.7. The molecule has 0 aromatic heterocycles. The molecule has 23 heavy (non-hydrogen) atoms. The van der Waals surface area contributed by atoms with E-state index < -0.39 is 5.91 Å². The maximum Gasteiger partial charge on any atom is 0.311 e. The molecule has 2 heterocycles. The number of nitrogens with one attached hydrogen (secondary N) is 1. The Morgan fingerprint density at radius 3 is 2.48 bits per heavy atom. The van der Waals surface area contributed by atoms with E-state index in [1.54, 1.807) is 4.90 Å². The van der Waals surface area contributed by atoms with Crippen molar-refractivity contribution in [2.45, 2.75) is 46.0 Å². The second kappa shape index (κ2) is 9.06. The maximum atomic E-state index is 12.2. The fourth-order valence-electron chi connectivity index (χ4n) is 3.40. The van der Waals surface area contributed by atoms with Gasteiger partial charge in [-0.05, 0) is 45.6 Å². The second-order valence-electron chi connectivity index (χ2n) is 6.94. The number of rotatable bonds is 4. The molecule has 0 radical (unpaired) electrons. The number of allylic oxidation sites excluding steroid dienone is 1. The van der Waals surface area contributed by atoms with Gasteiger partial charge in [-0.3, -0.25) is 14.5 Å². The van der Waals surface area contributed by atoms with Gasteiger partial charge in [0.25, 0.3) is 0 Å². The summed E-state index contributed by atoms with van der Waals surface area (Å²) in [5.41, 5.74) is 1.38. The van der Waals surface area contributed by atoms with Crippen molar-refractivity contribution in [3.05, 3.63) is 11.6 Å². The molecule has 0 bridgehead atoms. The lowest BCUT2D eigenvalue weighted by molar-refractivity contribution is -0.145. The lowest BCUT2D eigenvalue weighted by Crippen LogP contribution is -2.44. The summed E-state index contributed by atoms with van der Waals surface area (Å²) in [5, 5.41) is 2.86. The smallest absolute Gasteiger partial charge is 0.311 e. The molecule has 2 saturated heterocycles. The molecule has 1 atom stereocenters. The highest BCUT2D eigenvalue weighted by Gasteiger charge is 2.26. The van der Waals surface area contributed by atoms with Gasteiger partial charge in [0.2, 0.25) is 0 Å². The Bertz CT molecular complexity index is 440. The Morgan fingerprint density at radius 1 is 1.13 bits per heavy atom. The highest BCUT2D eigenvalue weighted by atomic mass is 16.2. The summed E-state index contributed by atoms with van der Waals surface area (Å²) in [4.78, 5) is 28.4. The van der Waals surface area contributed by atoms with Crippen molar-refractivity contribution >= 4 is 11.8 Å². The molecular formula is C18H31N3O2. The highest BCUT2D eigenvalue weighted by Crippen LogP contribution is 2.16. The van der Waals surface area contributed by atoms with Crippen LogP contribution in [0.4, 0.5) is 0 Å². The van der Waals surface area contributed by atoms with E-state index in [9.17, 15) is 9.59 Å². The zero-order valence-electron chi connectivity index (χ0n) is 14.6. The summed E-state index contributed by atoms with van der Waals surface area (Å²) < 4.78 is 0. The number of likely N-dealkylation sites (tertiary alicyclic amines) is 2. The van der Waals surface area contributed by atoms with Crippen LogP contribution in [0.15, 0.2) is 11.6 Å². The van der Waals surface area contributed by atoms with Crippen molar-refractivity contribution in [3.63, 3.8) is 0 Å². The molecule has 0 aliphatic carbocycles. The van der Waals surface area contributed by atoms with Gasteiger partial charge in [-0.1, -0.05) is 24.5 Å². The van der Waals surface area contributed by atoms with E-state index in [0.29, 0.717) is 12.5 Å². The van der Waals surface area contributed by atoms with E-state index in [1.165, 1.54) is 5.57 Å². The van der Waals surface area contributed by atoms with Crippen LogP contribution in [-0.2, 0) is 9.59 Å². The fraction of sp³-hybridized carbons (Fsp3) is 0.778. The number of nitrogens with zero attached hydrogens (tertiary/aromatic N) is 2. The van der Waals surface area contributed by atoms with Gasteiger partial charge in [0, 0.05) is 32.7 Å². The fourth-order valence-corrected chi connectivity index (χ4v) is 3.40. The summed E-state index contributed by atoms with van der Waals surface area (Å²) >= 11 is 0. The van der Waals surface area contributed by atoms with Crippen LogP contribution in [0.5, 0.6) is 0 Å². The zero-order valence-corrected chi connectivity index (χ0v) is 14.6. The Hall–Kier alpha value is -1.36. The van der Waals surface area contributed by atoms with Gasteiger partial charge >= 0.3 is 11.8 Å². The van der Waals surface area contributed by atoms with Gasteiger partial charge in [-0.25, -0.2) is 0 Å². The Labute approximate surface area is 140 Å². The first kappa shape index (κ1) is 18.0. The van der Waals surface area contributed by atoms with E-state index in [0.717, 1.165) is 64.8 Å². The molecule has 2 fully saturated rings. The number of hydrogen-bond acceptors (Lipinski definition) is 3. The summed E-state index contributed by atoms with van der Waals surface area (Å²) in [6.07, 6.45) is 7.59. The second-order valence-corrected chi connectivity index (χ2v) is 6.94. The zero-order chi connectivity index (χ0) is 16.7. The summed E-state index contributed by atoms with van der Waals surface area (Å²) in [7, 11) is 0. The molecular weight excluding hydrogens is 290 g/mol. The molecule has 2 amide bonds. The quantitative estimate of drug-likeness (QED) is 0.634. The van der Waals surface area contributed by atoms with Crippen LogP contribution in [-0.4, -0.2) is 60.9 Å². The Balaban J connectivity index is 1.71. The van der Waals surface area contributed by atoms with Crippen LogP contribution in [0, 0.1) is 5.92 Å². The van der Waals surface area contributed by atoms with Crippen molar-refractivity contribution in [2.75, 3.05) is 39.3 Å². The molecule has 2 rings (SSSR count). The lowest BCUT2D eigenvalue weighted by Gasteiger charge is -2.20. The van der Waals surface area contributed by atoms with Crippen LogP contribution < -0.4 is 5.32 Å². The van der Waals surface area contributed by atoms with E-state index in [2.05, 4.69) is 30.1 Å². The number of carbonyl (C=O) groups excluding carboxylic acids is 2. The largest absolute Gasteiger partial charge is 0.348 e. The van der Waals surface area contributed by atoms with Gasteiger partial charge in [-0.15, -0.1) is 0 Å². The van der Waals surface area contributed by atoms with Crippen molar-refractivity contribution in [1.82, 2.24) is 15.1 Å². The van der Waals surface area contributed by atoms with Crippen LogP contribution >= 0.6 is 0 Å². The van der Waals surface area contributed by atoms with Crippen LogP contribution in [0.3, 0.4) is 0 Å². The first-order valence-corrected chi connectivity index (χ1v) is 9.01. The van der Waals surface area contributed by atoms with Crippen LogP contribution in [0.25, 0.3) is 0 Å². The molecule has 1 N–H and O–H groups in total. The molecule has 2 aliphatic heterocycles. The molecule has 1 unspecified atom stereocenters. The Morgan fingerprint density at radius 2 is 1.83 bits per heavy atom. The standard InChI is InChI=1S/C18H31N3O2/c1-3-15(2)13-20-11-8-16(14-20)12-19-17(22)18(23)21-9-6-4-5-7-10-21/h3,16H,4-14H2,1-2H3,(H,19,22)/b15-3+. The van der Waals surface area contributed by atoms with Crippen molar-refractivity contribution < 1.29 is 9.59 Å². The van der Waals surface area contributed by atoms with Gasteiger partial charge < -0.3 is 10.2 Å². The minimum atomic E-state index is -0.421. The number of carbonyl (C=O) groups is 2. The number of hydrogen-bond donors (Lipinski definition) is 1. The summed E-state index contributed by atoms with van der Waals surface area (Å²) in [6.45, 7) is 9.37. The van der Waals surface area contributed by atoms with Gasteiger partial charge in [0.1, 0.15) is 0 Å². The minimum absolute atomic E-state index is 0.341. The summed E-state index contributed by atoms with van der Waals surface area (Å²) in [5.74, 6) is -0.304. The monoisotopic (exact) mass is 321 g/mol. The molecule has 5 nitrogen and oxygen atoms in total. The molecule has 5 heteroatoms. The highest BCUT2D eigenvalue weighted by molar-refractivity contribution is 6.35. The molecule has 0 aromatic rings. The van der Waals surface area contributed by atoms with Crippen molar-refractivity contribution in [1.29, 1.82) is 0 Å². The first-order valence-electron chi connectivity index (χ1n) is 9.01. The molecule has 2 aliphatic rings. The molecule has 0 aromatic carbocycles. The molecule has 130 valence electrons. The van der Waals surface area contributed by atoms with E-state index in [4.69, 9.17) is 0 Å². The minimum Gasteiger partial charge on any atom is -0.348 e. The maximum absolute atomic E-state index is 12.2. The molecule has 0 saturated carbocycles. The van der Waals surface area contributed by atoms with E-state index in [-0.39, 0.29) is 5.91 Å². The molecule has 0 spiro atoms. The SMILES string of the molecule is C/C=C(\C)CN1CCC(CNC(=O)C(=O)N2CCCCCC2)C1. The van der Waals surface area contributed by atoms with Crippen molar-refractivity contribution in [2.24, 2.45) is 5.92 Å². The number of amides is 2. The predicted octanol–water partition coefficient (Wildman–Crippen LogP) is 1.79. The predicted molar refractivity (Wildman–Crippen MR) is 92.0 cm³/mol. The van der Waals surface area contributed by atoms with Crippen LogP contribution in [0.2, 0.25) is 0 Å². The topological polar surface area (TPSA) is 52.7 Å². The van der Waals surface area contributed by atoms with E-state index in [1.807, 2.05) is 0 Å². The summed E-state index contributed by atoms with van der Waals surface area (Å²) in [6, 6.07) is 0. The first-order chi connectivity index (χ1) is 11.1.